The minimum Gasteiger partial charge on any atom is -0.346 e. The van der Waals surface area contributed by atoms with Crippen LogP contribution in [0, 0.1) is 0 Å². The summed E-state index contributed by atoms with van der Waals surface area (Å²) >= 11 is 0. The smallest absolute Gasteiger partial charge is 0.272 e. The highest BCUT2D eigenvalue weighted by Gasteiger charge is 2.17. The second-order valence-electron chi connectivity index (χ2n) is 7.21. The molecule has 1 saturated heterocycles. The number of nitrogens with zero attached hydrogens (tertiary/aromatic N) is 2. The lowest BCUT2D eigenvalue weighted by Crippen LogP contribution is -2.36. The van der Waals surface area contributed by atoms with Crippen LogP contribution in [0.2, 0.25) is 0 Å². The van der Waals surface area contributed by atoms with E-state index in [-0.39, 0.29) is 5.56 Å². The van der Waals surface area contributed by atoms with Crippen LogP contribution in [0.15, 0.2) is 47.5 Å². The lowest BCUT2D eigenvalue weighted by Gasteiger charge is -2.23. The standard InChI is InChI=1S/C21H21N5O/c27-21-16-7-6-13(18-12-24-20-15(18)5-3-9-23-20)10-17(16)19(25-26-21)11-14-4-1-2-8-22-14/h3,5-7,9-10,12,14,22H,1-2,4,8,11H2,(H,23,24)(H,26,27). The average molecular weight is 359 g/mol. The molecule has 1 aromatic carbocycles. The molecule has 0 amide bonds. The number of H-pyrrole nitrogens is 2. The van der Waals surface area contributed by atoms with E-state index in [1.54, 1.807) is 6.20 Å². The Hall–Kier alpha value is -2.99. The van der Waals surface area contributed by atoms with Crippen LogP contribution in [0.25, 0.3) is 32.9 Å². The molecule has 1 fully saturated rings. The van der Waals surface area contributed by atoms with Crippen molar-refractivity contribution in [1.82, 2.24) is 25.5 Å². The molecule has 1 aliphatic rings. The highest BCUT2D eigenvalue weighted by molar-refractivity contribution is 5.97. The Bertz CT molecular complexity index is 1170. The molecule has 0 saturated carbocycles. The third-order valence-electron chi connectivity index (χ3n) is 5.48. The first-order valence-corrected chi connectivity index (χ1v) is 9.47. The predicted molar refractivity (Wildman–Crippen MR) is 107 cm³/mol. The normalized spacial score (nSPS) is 17.6. The number of nitrogens with one attached hydrogen (secondary N) is 3. The van der Waals surface area contributed by atoms with Gasteiger partial charge in [0.15, 0.2) is 0 Å². The van der Waals surface area contributed by atoms with Crippen molar-refractivity contribution in [2.45, 2.75) is 31.7 Å². The SMILES string of the molecule is O=c1[nH]nc(CC2CCCCN2)c2cc(-c3c[nH]c4ncccc34)ccc12. The van der Waals surface area contributed by atoms with E-state index in [0.717, 1.165) is 52.6 Å². The quantitative estimate of drug-likeness (QED) is 0.524. The summed E-state index contributed by atoms with van der Waals surface area (Å²) in [5.41, 5.74) is 3.82. The Balaban J connectivity index is 1.63. The van der Waals surface area contributed by atoms with Gasteiger partial charge in [0, 0.05) is 41.2 Å². The fourth-order valence-electron chi connectivity index (χ4n) is 4.07. The van der Waals surface area contributed by atoms with E-state index in [0.29, 0.717) is 11.4 Å². The summed E-state index contributed by atoms with van der Waals surface area (Å²) < 4.78 is 0. The molecule has 4 heterocycles. The Kier molecular flexibility index (Phi) is 3.98. The summed E-state index contributed by atoms with van der Waals surface area (Å²) in [7, 11) is 0. The lowest BCUT2D eigenvalue weighted by atomic mass is 9.96. The first-order valence-electron chi connectivity index (χ1n) is 9.47. The van der Waals surface area contributed by atoms with Crippen molar-refractivity contribution in [2.75, 3.05) is 6.54 Å². The van der Waals surface area contributed by atoms with Crippen LogP contribution in [0.3, 0.4) is 0 Å². The van der Waals surface area contributed by atoms with E-state index >= 15 is 0 Å². The first-order chi connectivity index (χ1) is 13.3. The van der Waals surface area contributed by atoms with Gasteiger partial charge in [0.2, 0.25) is 0 Å². The molecule has 1 aliphatic heterocycles. The van der Waals surface area contributed by atoms with Gasteiger partial charge in [-0.2, -0.15) is 5.10 Å². The van der Waals surface area contributed by atoms with Crippen LogP contribution < -0.4 is 10.9 Å². The number of fused-ring (bicyclic) bond motifs is 2. The molecule has 3 aromatic heterocycles. The van der Waals surface area contributed by atoms with E-state index in [1.165, 1.54) is 12.8 Å². The lowest BCUT2D eigenvalue weighted by molar-refractivity contribution is 0.397. The van der Waals surface area contributed by atoms with Crippen molar-refractivity contribution in [3.63, 3.8) is 0 Å². The highest BCUT2D eigenvalue weighted by atomic mass is 16.1. The van der Waals surface area contributed by atoms with Crippen LogP contribution in [0.5, 0.6) is 0 Å². The first kappa shape index (κ1) is 16.2. The summed E-state index contributed by atoms with van der Waals surface area (Å²) in [5.74, 6) is 0. The maximum atomic E-state index is 12.3. The number of hydrogen-bond acceptors (Lipinski definition) is 4. The zero-order chi connectivity index (χ0) is 18.2. The number of hydrogen-bond donors (Lipinski definition) is 3. The number of aromatic amines is 2. The third-order valence-corrected chi connectivity index (χ3v) is 5.48. The Morgan fingerprint density at radius 3 is 2.96 bits per heavy atom. The maximum absolute atomic E-state index is 12.3. The van der Waals surface area contributed by atoms with Gasteiger partial charge in [0.25, 0.3) is 5.56 Å². The van der Waals surface area contributed by atoms with Gasteiger partial charge in [0.05, 0.1) is 11.1 Å². The Morgan fingerprint density at radius 1 is 1.11 bits per heavy atom. The molecule has 0 bridgehead atoms. The van der Waals surface area contributed by atoms with Crippen LogP contribution in [-0.2, 0) is 6.42 Å². The molecule has 136 valence electrons. The summed E-state index contributed by atoms with van der Waals surface area (Å²) in [5, 5.41) is 13.3. The number of rotatable bonds is 3. The fraction of sp³-hybridized carbons (Fsp3) is 0.286. The van der Waals surface area contributed by atoms with Gasteiger partial charge in [-0.1, -0.05) is 12.5 Å². The number of benzene rings is 1. The maximum Gasteiger partial charge on any atom is 0.272 e. The van der Waals surface area contributed by atoms with E-state index in [2.05, 4.69) is 37.6 Å². The molecule has 5 rings (SSSR count). The van der Waals surface area contributed by atoms with Crippen molar-refractivity contribution in [3.05, 3.63) is 58.8 Å². The van der Waals surface area contributed by atoms with Crippen LogP contribution in [0.4, 0.5) is 0 Å². The van der Waals surface area contributed by atoms with Gasteiger partial charge in [-0.15, -0.1) is 0 Å². The molecule has 6 nitrogen and oxygen atoms in total. The molecule has 3 N–H and O–H groups in total. The molecular formula is C21H21N5O. The molecule has 1 unspecified atom stereocenters. The molecule has 27 heavy (non-hydrogen) atoms. The zero-order valence-electron chi connectivity index (χ0n) is 15.0. The van der Waals surface area contributed by atoms with Crippen molar-refractivity contribution in [1.29, 1.82) is 0 Å². The Labute approximate surface area is 156 Å². The molecule has 0 radical (unpaired) electrons. The number of aromatic nitrogens is 4. The summed E-state index contributed by atoms with van der Waals surface area (Å²) in [6, 6.07) is 10.4. The molecule has 0 aliphatic carbocycles. The van der Waals surface area contributed by atoms with Crippen molar-refractivity contribution in [2.24, 2.45) is 0 Å². The van der Waals surface area contributed by atoms with Crippen molar-refractivity contribution < 1.29 is 0 Å². The van der Waals surface area contributed by atoms with Gasteiger partial charge in [-0.25, -0.2) is 10.1 Å². The summed E-state index contributed by atoms with van der Waals surface area (Å²) in [6.07, 6.45) is 8.20. The van der Waals surface area contributed by atoms with E-state index in [4.69, 9.17) is 0 Å². The average Bonchev–Trinajstić information content (AvgIpc) is 3.15. The minimum atomic E-state index is -0.141. The fourth-order valence-corrected chi connectivity index (χ4v) is 4.07. The second-order valence-corrected chi connectivity index (χ2v) is 7.21. The van der Waals surface area contributed by atoms with Gasteiger partial charge >= 0.3 is 0 Å². The van der Waals surface area contributed by atoms with Gasteiger partial charge in [-0.05, 0) is 49.2 Å². The van der Waals surface area contributed by atoms with Crippen LogP contribution in [-0.4, -0.2) is 32.8 Å². The largest absolute Gasteiger partial charge is 0.346 e. The molecular weight excluding hydrogens is 338 g/mol. The van der Waals surface area contributed by atoms with Gasteiger partial charge in [-0.3, -0.25) is 4.79 Å². The van der Waals surface area contributed by atoms with Gasteiger partial charge in [0.1, 0.15) is 5.65 Å². The molecule has 4 aromatic rings. The number of piperidine rings is 1. The van der Waals surface area contributed by atoms with Crippen LogP contribution >= 0.6 is 0 Å². The van der Waals surface area contributed by atoms with Crippen LogP contribution in [0.1, 0.15) is 25.0 Å². The molecule has 6 heteroatoms. The molecule has 0 spiro atoms. The van der Waals surface area contributed by atoms with E-state index in [9.17, 15) is 4.79 Å². The zero-order valence-corrected chi connectivity index (χ0v) is 15.0. The third kappa shape index (κ3) is 2.92. The number of pyridine rings is 1. The minimum absolute atomic E-state index is 0.141. The summed E-state index contributed by atoms with van der Waals surface area (Å²) in [4.78, 5) is 19.9. The topological polar surface area (TPSA) is 86.5 Å². The monoisotopic (exact) mass is 359 g/mol. The molecule has 1 atom stereocenters. The second kappa shape index (κ2) is 6.63. The summed E-state index contributed by atoms with van der Waals surface area (Å²) in [6.45, 7) is 1.06. The predicted octanol–water partition coefficient (Wildman–Crippen LogP) is 3.15. The van der Waals surface area contributed by atoms with Crippen molar-refractivity contribution >= 4 is 21.8 Å². The van der Waals surface area contributed by atoms with Crippen molar-refractivity contribution in [3.8, 4) is 11.1 Å². The van der Waals surface area contributed by atoms with E-state index < -0.39 is 0 Å². The highest BCUT2D eigenvalue weighted by Crippen LogP contribution is 2.30. The van der Waals surface area contributed by atoms with Gasteiger partial charge < -0.3 is 10.3 Å². The van der Waals surface area contributed by atoms with E-state index in [1.807, 2.05) is 24.4 Å². The Morgan fingerprint density at radius 2 is 2.07 bits per heavy atom.